The van der Waals surface area contributed by atoms with Gasteiger partial charge in [0.1, 0.15) is 0 Å². The summed E-state index contributed by atoms with van der Waals surface area (Å²) in [6, 6.07) is 0. The van der Waals surface area contributed by atoms with Crippen LogP contribution >= 0.6 is 15.9 Å². The molecule has 0 N–H and O–H groups in total. The molecule has 1 saturated heterocycles. The highest BCUT2D eigenvalue weighted by Crippen LogP contribution is 2.33. The smallest absolute Gasteiger partial charge is 0.0469 e. The van der Waals surface area contributed by atoms with E-state index in [0.29, 0.717) is 0 Å². The molecule has 1 aliphatic heterocycles. The molecule has 0 aromatic carbocycles. The molecule has 1 aliphatic carbocycles. The van der Waals surface area contributed by atoms with Gasteiger partial charge in [-0.1, -0.05) is 15.9 Å². The van der Waals surface area contributed by atoms with Crippen molar-refractivity contribution in [2.75, 3.05) is 33.4 Å². The molecule has 2 aliphatic rings. The molecule has 0 bridgehead atoms. The van der Waals surface area contributed by atoms with Gasteiger partial charge in [-0.15, -0.1) is 0 Å². The standard InChI is InChI=1S/C12H22BrNO/c1-14(9-11-6-12(13)7-11)8-10-2-4-15-5-3-10/h10-12H,2-9H2,1H3. The van der Waals surface area contributed by atoms with Gasteiger partial charge in [-0.2, -0.15) is 0 Å². The van der Waals surface area contributed by atoms with Gasteiger partial charge in [-0.3, -0.25) is 0 Å². The number of rotatable bonds is 4. The van der Waals surface area contributed by atoms with Gasteiger partial charge in [0.25, 0.3) is 0 Å². The van der Waals surface area contributed by atoms with Crippen molar-refractivity contribution in [3.63, 3.8) is 0 Å². The second kappa shape index (κ2) is 5.65. The van der Waals surface area contributed by atoms with E-state index >= 15 is 0 Å². The molecule has 88 valence electrons. The SMILES string of the molecule is CN(CC1CCOCC1)CC1CC(Br)C1. The van der Waals surface area contributed by atoms with Crippen molar-refractivity contribution in [1.82, 2.24) is 4.90 Å². The monoisotopic (exact) mass is 275 g/mol. The van der Waals surface area contributed by atoms with Gasteiger partial charge in [0, 0.05) is 31.1 Å². The highest BCUT2D eigenvalue weighted by molar-refractivity contribution is 9.09. The molecule has 0 atom stereocenters. The highest BCUT2D eigenvalue weighted by atomic mass is 79.9. The Kier molecular flexibility index (Phi) is 4.47. The average molecular weight is 276 g/mol. The van der Waals surface area contributed by atoms with Crippen LogP contribution in [-0.4, -0.2) is 43.1 Å². The van der Waals surface area contributed by atoms with Crippen LogP contribution in [-0.2, 0) is 4.74 Å². The van der Waals surface area contributed by atoms with Gasteiger partial charge in [0.15, 0.2) is 0 Å². The fraction of sp³-hybridized carbons (Fsp3) is 1.00. The van der Waals surface area contributed by atoms with Gasteiger partial charge in [0.2, 0.25) is 0 Å². The molecule has 3 heteroatoms. The molecule has 0 aromatic heterocycles. The molecule has 0 amide bonds. The lowest BCUT2D eigenvalue weighted by Gasteiger charge is -2.36. The maximum atomic E-state index is 5.38. The lowest BCUT2D eigenvalue weighted by Crippen LogP contribution is -2.37. The van der Waals surface area contributed by atoms with Crippen LogP contribution in [0.15, 0.2) is 0 Å². The van der Waals surface area contributed by atoms with Gasteiger partial charge in [-0.25, -0.2) is 0 Å². The second-order valence-corrected chi connectivity index (χ2v) is 6.51. The quantitative estimate of drug-likeness (QED) is 0.732. The van der Waals surface area contributed by atoms with Crippen LogP contribution in [0.3, 0.4) is 0 Å². The topological polar surface area (TPSA) is 12.5 Å². The van der Waals surface area contributed by atoms with Crippen LogP contribution < -0.4 is 0 Å². The van der Waals surface area contributed by atoms with E-state index in [1.165, 1.54) is 38.8 Å². The Labute approximate surface area is 101 Å². The summed E-state index contributed by atoms with van der Waals surface area (Å²) in [6.07, 6.45) is 5.27. The minimum absolute atomic E-state index is 0.805. The van der Waals surface area contributed by atoms with Gasteiger partial charge < -0.3 is 9.64 Å². The Morgan fingerprint density at radius 1 is 1.13 bits per heavy atom. The van der Waals surface area contributed by atoms with Crippen LogP contribution in [0.1, 0.15) is 25.7 Å². The molecule has 2 rings (SSSR count). The first-order valence-corrected chi connectivity index (χ1v) is 7.06. The fourth-order valence-corrected chi connectivity index (χ4v) is 3.75. The molecule has 0 aromatic rings. The van der Waals surface area contributed by atoms with Crippen LogP contribution in [0.25, 0.3) is 0 Å². The Morgan fingerprint density at radius 2 is 1.73 bits per heavy atom. The van der Waals surface area contributed by atoms with E-state index in [-0.39, 0.29) is 0 Å². The maximum Gasteiger partial charge on any atom is 0.0469 e. The molecule has 0 radical (unpaired) electrons. The zero-order chi connectivity index (χ0) is 10.7. The van der Waals surface area contributed by atoms with Crippen molar-refractivity contribution in [2.45, 2.75) is 30.5 Å². The van der Waals surface area contributed by atoms with E-state index in [1.807, 2.05) is 0 Å². The van der Waals surface area contributed by atoms with Crippen LogP contribution in [0.2, 0.25) is 0 Å². The third-order valence-electron chi connectivity index (χ3n) is 3.66. The number of nitrogens with zero attached hydrogens (tertiary/aromatic N) is 1. The number of hydrogen-bond donors (Lipinski definition) is 0. The normalized spacial score (nSPS) is 33.0. The number of halogens is 1. The summed E-state index contributed by atoms with van der Waals surface area (Å²) in [5.74, 6) is 1.82. The predicted octanol–water partition coefficient (Wildman–Crippen LogP) is 2.52. The highest BCUT2D eigenvalue weighted by Gasteiger charge is 2.28. The maximum absolute atomic E-state index is 5.38. The average Bonchev–Trinajstić information content (AvgIpc) is 2.17. The lowest BCUT2D eigenvalue weighted by molar-refractivity contribution is 0.0523. The van der Waals surface area contributed by atoms with Crippen LogP contribution in [0.4, 0.5) is 0 Å². The third-order valence-corrected chi connectivity index (χ3v) is 4.41. The molecule has 1 saturated carbocycles. The van der Waals surface area contributed by atoms with E-state index in [9.17, 15) is 0 Å². The van der Waals surface area contributed by atoms with E-state index in [0.717, 1.165) is 29.9 Å². The van der Waals surface area contributed by atoms with Crippen molar-refractivity contribution in [1.29, 1.82) is 0 Å². The van der Waals surface area contributed by atoms with Crippen molar-refractivity contribution in [2.24, 2.45) is 11.8 Å². The number of alkyl halides is 1. The van der Waals surface area contributed by atoms with Gasteiger partial charge >= 0.3 is 0 Å². The molecule has 2 nitrogen and oxygen atoms in total. The first kappa shape index (κ1) is 11.9. The molecular formula is C12H22BrNO. The summed E-state index contributed by atoms with van der Waals surface area (Å²) in [4.78, 5) is 3.33. The van der Waals surface area contributed by atoms with Gasteiger partial charge in [0.05, 0.1) is 0 Å². The summed E-state index contributed by atoms with van der Waals surface area (Å²) in [7, 11) is 2.27. The fourth-order valence-electron chi connectivity index (χ4n) is 2.69. The number of hydrogen-bond acceptors (Lipinski definition) is 2. The molecule has 1 heterocycles. The molecule has 0 unspecified atom stereocenters. The first-order chi connectivity index (χ1) is 7.24. The minimum atomic E-state index is 0.805. The largest absolute Gasteiger partial charge is 0.381 e. The summed E-state index contributed by atoms with van der Waals surface area (Å²) >= 11 is 3.65. The zero-order valence-corrected chi connectivity index (χ0v) is 11.2. The Bertz CT molecular complexity index is 188. The number of ether oxygens (including phenoxy) is 1. The molecule has 0 spiro atoms. The van der Waals surface area contributed by atoms with E-state index in [2.05, 4.69) is 27.9 Å². The summed E-state index contributed by atoms with van der Waals surface area (Å²) in [6.45, 7) is 4.52. The lowest BCUT2D eigenvalue weighted by atomic mass is 9.84. The van der Waals surface area contributed by atoms with Crippen molar-refractivity contribution in [3.05, 3.63) is 0 Å². The predicted molar refractivity (Wildman–Crippen MR) is 66.5 cm³/mol. The summed E-state index contributed by atoms with van der Waals surface area (Å²) in [5, 5.41) is 0. The third kappa shape index (κ3) is 3.72. The van der Waals surface area contributed by atoms with Gasteiger partial charge in [-0.05, 0) is 44.6 Å². The Morgan fingerprint density at radius 3 is 2.33 bits per heavy atom. The molecular weight excluding hydrogens is 254 g/mol. The van der Waals surface area contributed by atoms with Crippen LogP contribution in [0.5, 0.6) is 0 Å². The Hall–Kier alpha value is 0.400. The minimum Gasteiger partial charge on any atom is -0.381 e. The molecule has 15 heavy (non-hydrogen) atoms. The van der Waals surface area contributed by atoms with E-state index in [1.54, 1.807) is 0 Å². The second-order valence-electron chi connectivity index (χ2n) is 5.21. The summed E-state index contributed by atoms with van der Waals surface area (Å²) < 4.78 is 5.38. The van der Waals surface area contributed by atoms with Crippen molar-refractivity contribution >= 4 is 15.9 Å². The van der Waals surface area contributed by atoms with Crippen molar-refractivity contribution in [3.8, 4) is 0 Å². The zero-order valence-electron chi connectivity index (χ0n) is 9.62. The summed E-state index contributed by atoms with van der Waals surface area (Å²) in [5.41, 5.74) is 0. The van der Waals surface area contributed by atoms with E-state index < -0.39 is 0 Å². The van der Waals surface area contributed by atoms with Crippen LogP contribution in [0, 0.1) is 11.8 Å². The first-order valence-electron chi connectivity index (χ1n) is 6.14. The van der Waals surface area contributed by atoms with Crippen molar-refractivity contribution < 1.29 is 4.74 Å². The molecule has 2 fully saturated rings. The Balaban J connectivity index is 1.61. The van der Waals surface area contributed by atoms with E-state index in [4.69, 9.17) is 4.74 Å².